The molecule has 1 rings (SSSR count). The second-order valence-electron chi connectivity index (χ2n) is 1.95. The number of hydrogen-bond acceptors (Lipinski definition) is 6. The number of aromatic nitrogens is 3. The molecule has 1 aromatic rings. The molecule has 1 aromatic heterocycles. The summed E-state index contributed by atoms with van der Waals surface area (Å²) >= 11 is 1.23. The van der Waals surface area contributed by atoms with Crippen LogP contribution in [-0.4, -0.2) is 27.4 Å². The van der Waals surface area contributed by atoms with Crippen molar-refractivity contribution in [1.82, 2.24) is 14.8 Å². The topological polar surface area (TPSA) is 76.7 Å². The molecule has 6 heteroatoms. The summed E-state index contributed by atoms with van der Waals surface area (Å²) in [4.78, 5) is 0. The number of nitrogens with one attached hydrogen (secondary N) is 1. The van der Waals surface area contributed by atoms with Crippen LogP contribution in [0.5, 0.6) is 0 Å². The van der Waals surface area contributed by atoms with Crippen molar-refractivity contribution in [3.8, 4) is 0 Å². The predicted octanol–water partition coefficient (Wildman–Crippen LogP) is -0.308. The molecule has 0 aromatic carbocycles. The van der Waals surface area contributed by atoms with Crippen LogP contribution in [0.3, 0.4) is 0 Å². The van der Waals surface area contributed by atoms with Gasteiger partial charge in [-0.05, 0) is 12.1 Å². The highest BCUT2D eigenvalue weighted by atomic mass is 32.1. The van der Waals surface area contributed by atoms with Gasteiger partial charge in [-0.3, -0.25) is 0 Å². The summed E-state index contributed by atoms with van der Waals surface area (Å²) in [6.07, 6.45) is 0. The van der Waals surface area contributed by atoms with Crippen molar-refractivity contribution in [3.05, 3.63) is 0 Å². The molecule has 0 saturated heterocycles. The highest BCUT2D eigenvalue weighted by Gasteiger charge is 2.00. The zero-order valence-electron chi connectivity index (χ0n) is 5.61. The number of hydrogen-bond donors (Lipinski definition) is 2. The molecule has 0 aliphatic carbocycles. The van der Waals surface area contributed by atoms with Gasteiger partial charge in [0, 0.05) is 24.1 Å². The predicted molar refractivity (Wildman–Crippen MR) is 39.8 cm³/mol. The maximum atomic E-state index is 5.36. The Morgan fingerprint density at radius 1 is 1.80 bits per heavy atom. The summed E-state index contributed by atoms with van der Waals surface area (Å²) in [7, 11) is 0. The van der Waals surface area contributed by atoms with Gasteiger partial charge in [0.05, 0.1) is 0 Å². The maximum Gasteiger partial charge on any atom is 0.225 e. The van der Waals surface area contributed by atoms with Crippen LogP contribution in [0.25, 0.3) is 0 Å². The second-order valence-corrected chi connectivity index (χ2v) is 2.68. The number of anilines is 1. The molecule has 0 bridgehead atoms. The van der Waals surface area contributed by atoms with Crippen LogP contribution in [0.15, 0.2) is 0 Å². The summed E-state index contributed by atoms with van der Waals surface area (Å²) in [5, 5.41) is 10.9. The quantitative estimate of drug-likeness (QED) is 0.632. The zero-order valence-corrected chi connectivity index (χ0v) is 6.43. The molecule has 1 heterocycles. The van der Waals surface area contributed by atoms with Gasteiger partial charge in [0.25, 0.3) is 0 Å². The van der Waals surface area contributed by atoms with E-state index in [4.69, 9.17) is 5.73 Å². The zero-order chi connectivity index (χ0) is 7.40. The highest BCUT2D eigenvalue weighted by Crippen LogP contribution is 2.05. The molecule has 3 N–H and O–H groups in total. The normalized spacial score (nSPS) is 13.0. The van der Waals surface area contributed by atoms with Crippen molar-refractivity contribution in [3.63, 3.8) is 0 Å². The van der Waals surface area contributed by atoms with Crippen LogP contribution in [0.1, 0.15) is 6.92 Å². The summed E-state index contributed by atoms with van der Waals surface area (Å²) in [6.45, 7) is 2.56. The van der Waals surface area contributed by atoms with E-state index in [2.05, 4.69) is 20.1 Å². The fraction of sp³-hybridized carbons (Fsp3) is 0.750. The van der Waals surface area contributed by atoms with Crippen molar-refractivity contribution in [2.24, 2.45) is 5.73 Å². The van der Waals surface area contributed by atoms with Crippen LogP contribution >= 0.6 is 11.5 Å². The molecule has 56 valence electrons. The van der Waals surface area contributed by atoms with E-state index in [-0.39, 0.29) is 6.04 Å². The van der Waals surface area contributed by atoms with Gasteiger partial charge in [0.2, 0.25) is 5.13 Å². The fourth-order valence-corrected chi connectivity index (χ4v) is 0.936. The van der Waals surface area contributed by atoms with Crippen LogP contribution < -0.4 is 11.1 Å². The third-order valence-electron chi connectivity index (χ3n) is 1.02. The molecular weight excluding hydrogens is 150 g/mol. The van der Waals surface area contributed by atoms with Crippen molar-refractivity contribution in [2.45, 2.75) is 13.0 Å². The van der Waals surface area contributed by atoms with E-state index in [1.54, 1.807) is 0 Å². The highest BCUT2D eigenvalue weighted by molar-refractivity contribution is 7.09. The molecular formula is C4H9N5S. The molecule has 0 amide bonds. The van der Waals surface area contributed by atoms with Crippen LogP contribution in [0.4, 0.5) is 5.13 Å². The number of nitrogens with zero attached hydrogens (tertiary/aromatic N) is 3. The van der Waals surface area contributed by atoms with E-state index in [1.807, 2.05) is 6.92 Å². The lowest BCUT2D eigenvalue weighted by Gasteiger charge is -2.06. The van der Waals surface area contributed by atoms with Gasteiger partial charge in [-0.2, -0.15) is 0 Å². The fourth-order valence-electron chi connectivity index (χ4n) is 0.459. The van der Waals surface area contributed by atoms with Crippen LogP contribution in [-0.2, 0) is 0 Å². The Labute approximate surface area is 62.8 Å². The van der Waals surface area contributed by atoms with Crippen LogP contribution in [0, 0.1) is 0 Å². The molecule has 10 heavy (non-hydrogen) atoms. The first-order valence-electron chi connectivity index (χ1n) is 2.94. The molecule has 1 atom stereocenters. The summed E-state index contributed by atoms with van der Waals surface area (Å²) in [6, 6.07) is 0.231. The molecule has 0 aliphatic rings. The Morgan fingerprint density at radius 3 is 3.10 bits per heavy atom. The molecule has 5 nitrogen and oxygen atoms in total. The number of nitrogens with two attached hydrogens (primary N) is 1. The van der Waals surface area contributed by atoms with Gasteiger partial charge >= 0.3 is 0 Å². The average Bonchev–Trinajstić information content (AvgIpc) is 2.40. The second kappa shape index (κ2) is 3.43. The van der Waals surface area contributed by atoms with E-state index in [1.165, 1.54) is 11.5 Å². The van der Waals surface area contributed by atoms with E-state index >= 15 is 0 Å². The monoisotopic (exact) mass is 159 g/mol. The van der Waals surface area contributed by atoms with Gasteiger partial charge in [0.1, 0.15) is 0 Å². The maximum absolute atomic E-state index is 5.36. The molecule has 0 fully saturated rings. The Kier molecular flexibility index (Phi) is 2.52. The largest absolute Gasteiger partial charge is 0.355 e. The Balaban J connectivity index is 2.40. The van der Waals surface area contributed by atoms with Crippen molar-refractivity contribution < 1.29 is 0 Å². The van der Waals surface area contributed by atoms with Gasteiger partial charge in [-0.15, -0.1) is 0 Å². The van der Waals surface area contributed by atoms with Crippen molar-refractivity contribution in [1.29, 1.82) is 0 Å². The Hall–Kier alpha value is -0.750. The molecule has 0 radical (unpaired) electrons. The Morgan fingerprint density at radius 2 is 2.60 bits per heavy atom. The standard InChI is InChI=1S/C4H9N5S/c1-3(2-5)6-4-7-8-9-10-4/h3H,2,5H2,1H3,(H,6,7,9). The smallest absolute Gasteiger partial charge is 0.225 e. The van der Waals surface area contributed by atoms with Gasteiger partial charge in [-0.25, -0.2) is 0 Å². The molecule has 0 aliphatic heterocycles. The molecule has 0 saturated carbocycles. The number of rotatable bonds is 3. The van der Waals surface area contributed by atoms with Crippen LogP contribution in [0.2, 0.25) is 0 Å². The van der Waals surface area contributed by atoms with E-state index < -0.39 is 0 Å². The minimum atomic E-state index is 0.231. The third kappa shape index (κ3) is 1.89. The summed E-state index contributed by atoms with van der Waals surface area (Å²) < 4.78 is 3.59. The lowest BCUT2D eigenvalue weighted by molar-refractivity contribution is 0.796. The van der Waals surface area contributed by atoms with E-state index in [0.29, 0.717) is 6.54 Å². The lowest BCUT2D eigenvalue weighted by atomic mass is 10.4. The third-order valence-corrected chi connectivity index (χ3v) is 1.55. The van der Waals surface area contributed by atoms with E-state index in [9.17, 15) is 0 Å². The summed E-state index contributed by atoms with van der Waals surface area (Å²) in [5.41, 5.74) is 5.36. The minimum Gasteiger partial charge on any atom is -0.355 e. The average molecular weight is 159 g/mol. The minimum absolute atomic E-state index is 0.231. The molecule has 1 unspecified atom stereocenters. The van der Waals surface area contributed by atoms with Crippen molar-refractivity contribution in [2.75, 3.05) is 11.9 Å². The Bertz CT molecular complexity index is 174. The van der Waals surface area contributed by atoms with Gasteiger partial charge in [0.15, 0.2) is 0 Å². The van der Waals surface area contributed by atoms with E-state index in [0.717, 1.165) is 5.13 Å². The molecule has 0 spiro atoms. The first-order valence-corrected chi connectivity index (χ1v) is 3.72. The van der Waals surface area contributed by atoms with Gasteiger partial charge < -0.3 is 11.1 Å². The lowest BCUT2D eigenvalue weighted by Crippen LogP contribution is -2.24. The summed E-state index contributed by atoms with van der Waals surface area (Å²) in [5.74, 6) is 0. The van der Waals surface area contributed by atoms with Crippen molar-refractivity contribution >= 4 is 16.7 Å². The van der Waals surface area contributed by atoms with Gasteiger partial charge in [-0.1, -0.05) is 9.59 Å². The first kappa shape index (κ1) is 7.36. The SMILES string of the molecule is CC(CN)Nc1nnns1. The first-order chi connectivity index (χ1) is 4.83.